The van der Waals surface area contributed by atoms with Crippen LogP contribution in [0.2, 0.25) is 0 Å². The van der Waals surface area contributed by atoms with Crippen molar-refractivity contribution in [1.82, 2.24) is 4.98 Å². The van der Waals surface area contributed by atoms with Gasteiger partial charge in [-0.05, 0) is 54.5 Å². The molecule has 1 atom stereocenters. The molecule has 41 heavy (non-hydrogen) atoms. The Balaban J connectivity index is 1.63. The van der Waals surface area contributed by atoms with Gasteiger partial charge in [0.05, 0.1) is 35.5 Å². The molecule has 0 saturated carbocycles. The van der Waals surface area contributed by atoms with Crippen LogP contribution in [-0.4, -0.2) is 42.1 Å². The van der Waals surface area contributed by atoms with Gasteiger partial charge in [0.15, 0.2) is 28.2 Å². The maximum Gasteiger partial charge on any atom is 0.296 e. The summed E-state index contributed by atoms with van der Waals surface area (Å²) in [5, 5.41) is 11.4. The Morgan fingerprint density at radius 1 is 1.10 bits per heavy atom. The van der Waals surface area contributed by atoms with E-state index in [4.69, 9.17) is 14.2 Å². The number of carbonyl (C=O) groups is 2. The number of allylic oxidation sites excluding steroid dienone is 1. The van der Waals surface area contributed by atoms with Crippen molar-refractivity contribution < 1.29 is 28.9 Å². The highest BCUT2D eigenvalue weighted by molar-refractivity contribution is 7.22. The number of anilines is 1. The fourth-order valence-corrected chi connectivity index (χ4v) is 5.57. The van der Waals surface area contributed by atoms with Crippen LogP contribution >= 0.6 is 11.3 Å². The van der Waals surface area contributed by atoms with Crippen LogP contribution < -0.4 is 19.1 Å². The van der Waals surface area contributed by atoms with E-state index < -0.39 is 23.5 Å². The molecule has 0 aliphatic carbocycles. The van der Waals surface area contributed by atoms with Gasteiger partial charge in [-0.1, -0.05) is 66.5 Å². The second kappa shape index (κ2) is 12.1. The van der Waals surface area contributed by atoms with E-state index in [1.807, 2.05) is 43.3 Å². The lowest BCUT2D eigenvalue weighted by molar-refractivity contribution is -0.117. The topological polar surface area (TPSA) is 98.2 Å². The maximum absolute atomic E-state index is 13.6. The Labute approximate surface area is 241 Å². The van der Waals surface area contributed by atoms with E-state index in [1.165, 1.54) is 22.3 Å². The highest BCUT2D eigenvalue weighted by atomic mass is 32.1. The summed E-state index contributed by atoms with van der Waals surface area (Å²) in [7, 11) is 1.57. The van der Waals surface area contributed by atoms with Gasteiger partial charge in [0.2, 0.25) is 0 Å². The normalized spacial score (nSPS) is 15.1. The zero-order valence-corrected chi connectivity index (χ0v) is 23.4. The minimum atomic E-state index is -0.967. The number of ketones is 1. The zero-order valence-electron chi connectivity index (χ0n) is 22.6. The number of thiazole rings is 1. The zero-order chi connectivity index (χ0) is 28.9. The van der Waals surface area contributed by atoms with Gasteiger partial charge in [-0.15, -0.1) is 0 Å². The molecule has 0 radical (unpaired) electrons. The minimum Gasteiger partial charge on any atom is -0.503 e. The van der Waals surface area contributed by atoms with E-state index in [0.29, 0.717) is 40.1 Å². The number of fused-ring (bicyclic) bond motifs is 1. The SMILES string of the molecule is C=CCOc1ccc(C2C(C(=O)C=Cc3ccccc3)=C(O)C(=O)N2c2nc3ccc(OC)cc3s2)cc1OCC. The van der Waals surface area contributed by atoms with E-state index in [-0.39, 0.29) is 12.2 Å². The first-order valence-corrected chi connectivity index (χ1v) is 13.8. The third-order valence-corrected chi connectivity index (χ3v) is 7.45. The summed E-state index contributed by atoms with van der Waals surface area (Å²) >= 11 is 1.26. The van der Waals surface area contributed by atoms with Crippen LogP contribution in [0.15, 0.2) is 96.8 Å². The van der Waals surface area contributed by atoms with Crippen molar-refractivity contribution in [2.24, 2.45) is 0 Å². The lowest BCUT2D eigenvalue weighted by atomic mass is 9.95. The molecule has 8 nitrogen and oxygen atoms in total. The Morgan fingerprint density at radius 3 is 2.63 bits per heavy atom. The largest absolute Gasteiger partial charge is 0.503 e. The maximum atomic E-state index is 13.6. The van der Waals surface area contributed by atoms with Crippen molar-refractivity contribution in [3.05, 3.63) is 108 Å². The fourth-order valence-electron chi connectivity index (χ4n) is 4.55. The lowest BCUT2D eigenvalue weighted by Crippen LogP contribution is -2.30. The Hall–Kier alpha value is -4.89. The molecule has 0 bridgehead atoms. The standard InChI is InChI=1S/C32H28N2O6S/c1-4-17-40-25-16-12-21(18-26(25)39-5-2)29-28(24(35)15-11-20-9-7-6-8-10-20)30(36)31(37)34(29)32-33-23-14-13-22(38-3)19-27(23)41-32/h4,6-16,18-19,29,36H,1,5,17H2,2-3H3. The van der Waals surface area contributed by atoms with Gasteiger partial charge in [0, 0.05) is 0 Å². The van der Waals surface area contributed by atoms with Gasteiger partial charge in [-0.25, -0.2) is 4.98 Å². The number of benzene rings is 3. The first-order valence-electron chi connectivity index (χ1n) is 12.9. The molecular weight excluding hydrogens is 540 g/mol. The van der Waals surface area contributed by atoms with Crippen LogP contribution in [0.1, 0.15) is 24.1 Å². The first-order chi connectivity index (χ1) is 19.9. The van der Waals surface area contributed by atoms with Crippen LogP contribution in [0.3, 0.4) is 0 Å². The quantitative estimate of drug-likeness (QED) is 0.164. The molecule has 0 fully saturated rings. The molecule has 9 heteroatoms. The van der Waals surface area contributed by atoms with Crippen molar-refractivity contribution in [2.45, 2.75) is 13.0 Å². The summed E-state index contributed by atoms with van der Waals surface area (Å²) in [5.41, 5.74) is 1.95. The van der Waals surface area contributed by atoms with Crippen molar-refractivity contribution in [1.29, 1.82) is 0 Å². The highest BCUT2D eigenvalue weighted by Gasteiger charge is 2.45. The average molecular weight is 569 g/mol. The molecule has 1 aromatic heterocycles. The van der Waals surface area contributed by atoms with Gasteiger partial charge in [0.25, 0.3) is 5.91 Å². The number of nitrogens with zero attached hydrogens (tertiary/aromatic N) is 2. The molecule has 1 unspecified atom stereocenters. The summed E-state index contributed by atoms with van der Waals surface area (Å²) in [4.78, 5) is 33.3. The van der Waals surface area contributed by atoms with Gasteiger partial charge < -0.3 is 19.3 Å². The summed E-state index contributed by atoms with van der Waals surface area (Å²) in [6, 6.07) is 18.9. The van der Waals surface area contributed by atoms with Gasteiger partial charge in [-0.2, -0.15) is 0 Å². The molecule has 1 amide bonds. The fraction of sp³-hybridized carbons (Fsp3) is 0.156. The van der Waals surface area contributed by atoms with Gasteiger partial charge >= 0.3 is 0 Å². The molecule has 2 heterocycles. The summed E-state index contributed by atoms with van der Waals surface area (Å²) in [6.07, 6.45) is 4.63. The number of hydrogen-bond donors (Lipinski definition) is 1. The van der Waals surface area contributed by atoms with Crippen LogP contribution in [0, 0.1) is 0 Å². The molecule has 208 valence electrons. The summed E-state index contributed by atoms with van der Waals surface area (Å²) in [6.45, 7) is 6.18. The Bertz CT molecular complexity index is 1670. The third-order valence-electron chi connectivity index (χ3n) is 6.43. The number of amides is 1. The molecule has 4 aromatic rings. The average Bonchev–Trinajstić information content (AvgIpc) is 3.53. The predicted octanol–water partition coefficient (Wildman–Crippen LogP) is 6.45. The van der Waals surface area contributed by atoms with Gasteiger partial charge in [0.1, 0.15) is 12.4 Å². The number of methoxy groups -OCH3 is 1. The van der Waals surface area contributed by atoms with Crippen molar-refractivity contribution in [3.8, 4) is 17.2 Å². The third kappa shape index (κ3) is 5.57. The second-order valence-electron chi connectivity index (χ2n) is 9.02. The van der Waals surface area contributed by atoms with Gasteiger partial charge in [-0.3, -0.25) is 14.5 Å². The Morgan fingerprint density at radius 2 is 1.90 bits per heavy atom. The van der Waals surface area contributed by atoms with E-state index >= 15 is 0 Å². The smallest absolute Gasteiger partial charge is 0.296 e. The number of rotatable bonds is 11. The first kappa shape index (κ1) is 27.7. The van der Waals surface area contributed by atoms with Crippen LogP contribution in [-0.2, 0) is 9.59 Å². The number of carbonyl (C=O) groups excluding carboxylic acids is 2. The van der Waals surface area contributed by atoms with Crippen molar-refractivity contribution in [3.63, 3.8) is 0 Å². The molecule has 1 aliphatic heterocycles. The number of aliphatic hydroxyl groups excluding tert-OH is 1. The number of aliphatic hydroxyl groups is 1. The predicted molar refractivity (Wildman–Crippen MR) is 160 cm³/mol. The molecule has 1 N–H and O–H groups in total. The van der Waals surface area contributed by atoms with E-state index in [0.717, 1.165) is 10.3 Å². The Kier molecular flexibility index (Phi) is 8.16. The van der Waals surface area contributed by atoms with Crippen LogP contribution in [0.25, 0.3) is 16.3 Å². The number of hydrogen-bond acceptors (Lipinski definition) is 8. The molecule has 5 rings (SSSR count). The van der Waals surface area contributed by atoms with Crippen molar-refractivity contribution in [2.75, 3.05) is 25.2 Å². The number of aromatic nitrogens is 1. The summed E-state index contributed by atoms with van der Waals surface area (Å²) in [5.74, 6) is -0.270. The minimum absolute atomic E-state index is 0.0544. The van der Waals surface area contributed by atoms with E-state index in [2.05, 4.69) is 11.6 Å². The van der Waals surface area contributed by atoms with Crippen LogP contribution in [0.4, 0.5) is 5.13 Å². The number of ether oxygens (including phenoxy) is 3. The summed E-state index contributed by atoms with van der Waals surface area (Å²) < 4.78 is 17.7. The highest BCUT2D eigenvalue weighted by Crippen LogP contribution is 2.45. The van der Waals surface area contributed by atoms with Crippen molar-refractivity contribution >= 4 is 44.5 Å². The van der Waals surface area contributed by atoms with E-state index in [1.54, 1.807) is 49.6 Å². The monoisotopic (exact) mass is 568 g/mol. The molecule has 1 aliphatic rings. The molecular formula is C32H28N2O6S. The molecule has 0 saturated heterocycles. The van der Waals surface area contributed by atoms with E-state index in [9.17, 15) is 14.7 Å². The molecule has 3 aromatic carbocycles. The van der Waals surface area contributed by atoms with Crippen LogP contribution in [0.5, 0.6) is 17.2 Å². The second-order valence-corrected chi connectivity index (χ2v) is 10.0. The molecule has 0 spiro atoms. The lowest BCUT2D eigenvalue weighted by Gasteiger charge is -2.25.